The zero-order chi connectivity index (χ0) is 10.6. The van der Waals surface area contributed by atoms with Gasteiger partial charge in [0, 0.05) is 28.2 Å². The minimum Gasteiger partial charge on any atom is -0.348 e. The average Bonchev–Trinajstić information content (AvgIpc) is 2.04. The van der Waals surface area contributed by atoms with E-state index >= 15 is 0 Å². The average molecular weight is 186 g/mol. The molecule has 13 heavy (non-hydrogen) atoms. The van der Waals surface area contributed by atoms with Crippen LogP contribution in [0.4, 0.5) is 0 Å². The fourth-order valence-corrected chi connectivity index (χ4v) is 1.08. The molecule has 0 saturated heterocycles. The number of hydrogen-bond donors (Lipinski definition) is 0. The molecular weight excluding hydrogens is 168 g/mol. The van der Waals surface area contributed by atoms with E-state index < -0.39 is 5.92 Å². The molecule has 0 aromatic heterocycles. The van der Waals surface area contributed by atoms with Crippen molar-refractivity contribution >= 4 is 11.8 Å². The van der Waals surface area contributed by atoms with Gasteiger partial charge in [-0.05, 0) is 6.42 Å². The molecule has 2 amide bonds. The third-order valence-electron chi connectivity index (χ3n) is 1.89. The van der Waals surface area contributed by atoms with Gasteiger partial charge in [0.25, 0.3) is 0 Å². The highest BCUT2D eigenvalue weighted by Gasteiger charge is 2.27. The molecule has 4 heteroatoms. The number of rotatable bonds is 3. The molecule has 0 heterocycles. The summed E-state index contributed by atoms with van der Waals surface area (Å²) in [4.78, 5) is 25.9. The molecule has 0 spiro atoms. The van der Waals surface area contributed by atoms with E-state index in [1.165, 1.54) is 9.80 Å². The molecule has 0 aliphatic rings. The summed E-state index contributed by atoms with van der Waals surface area (Å²) in [6.45, 7) is 1.84. The SMILES string of the molecule is CCC(C(=O)N(C)C)C(=O)N(C)C. The van der Waals surface area contributed by atoms with Crippen molar-refractivity contribution in [3.8, 4) is 0 Å². The Morgan fingerprint density at radius 2 is 1.31 bits per heavy atom. The normalized spacial score (nSPS) is 10.0. The number of carbonyl (C=O) groups excluding carboxylic acids is 2. The van der Waals surface area contributed by atoms with E-state index in [4.69, 9.17) is 0 Å². The van der Waals surface area contributed by atoms with E-state index in [1.54, 1.807) is 28.2 Å². The third-order valence-corrected chi connectivity index (χ3v) is 1.89. The van der Waals surface area contributed by atoms with Crippen molar-refractivity contribution in [2.45, 2.75) is 13.3 Å². The van der Waals surface area contributed by atoms with Gasteiger partial charge in [-0.25, -0.2) is 0 Å². The molecule has 0 unspecified atom stereocenters. The van der Waals surface area contributed by atoms with Gasteiger partial charge >= 0.3 is 0 Å². The van der Waals surface area contributed by atoms with E-state index in [9.17, 15) is 9.59 Å². The quantitative estimate of drug-likeness (QED) is 0.590. The molecule has 0 N–H and O–H groups in total. The highest BCUT2D eigenvalue weighted by atomic mass is 16.2. The van der Waals surface area contributed by atoms with Gasteiger partial charge in [0.1, 0.15) is 5.92 Å². The van der Waals surface area contributed by atoms with E-state index in [1.807, 2.05) is 6.92 Å². The monoisotopic (exact) mass is 186 g/mol. The Balaban J connectivity index is 4.51. The Bertz CT molecular complexity index is 180. The predicted octanol–water partition coefficient (Wildman–Crippen LogP) is 0.189. The van der Waals surface area contributed by atoms with Crippen LogP contribution in [0.1, 0.15) is 13.3 Å². The minimum absolute atomic E-state index is 0.124. The Kier molecular flexibility index (Phi) is 4.45. The minimum atomic E-state index is -0.523. The summed E-state index contributed by atoms with van der Waals surface area (Å²) < 4.78 is 0. The maximum absolute atomic E-state index is 11.5. The molecule has 0 aliphatic heterocycles. The smallest absolute Gasteiger partial charge is 0.234 e. The highest BCUT2D eigenvalue weighted by Crippen LogP contribution is 2.08. The first kappa shape index (κ1) is 11.9. The van der Waals surface area contributed by atoms with E-state index in [0.717, 1.165) is 0 Å². The summed E-state index contributed by atoms with van der Waals surface area (Å²) in [5.74, 6) is -0.771. The van der Waals surface area contributed by atoms with Gasteiger partial charge in [0.15, 0.2) is 0 Å². The van der Waals surface area contributed by atoms with E-state index in [0.29, 0.717) is 6.42 Å². The largest absolute Gasteiger partial charge is 0.348 e. The van der Waals surface area contributed by atoms with Crippen molar-refractivity contribution in [3.05, 3.63) is 0 Å². The molecular formula is C9H18N2O2. The molecule has 4 nitrogen and oxygen atoms in total. The lowest BCUT2D eigenvalue weighted by atomic mass is 10.0. The summed E-state index contributed by atoms with van der Waals surface area (Å²) >= 11 is 0. The molecule has 0 aromatic rings. The molecule has 0 atom stereocenters. The van der Waals surface area contributed by atoms with Crippen molar-refractivity contribution in [1.29, 1.82) is 0 Å². The second-order valence-corrected chi connectivity index (χ2v) is 3.43. The zero-order valence-electron chi connectivity index (χ0n) is 9.00. The summed E-state index contributed by atoms with van der Waals surface area (Å²) in [5.41, 5.74) is 0. The summed E-state index contributed by atoms with van der Waals surface area (Å²) in [5, 5.41) is 0. The van der Waals surface area contributed by atoms with Gasteiger partial charge in [0.2, 0.25) is 11.8 Å². The van der Waals surface area contributed by atoms with Gasteiger partial charge in [-0.15, -0.1) is 0 Å². The Labute approximate surface area is 79.5 Å². The van der Waals surface area contributed by atoms with Gasteiger partial charge in [-0.3, -0.25) is 9.59 Å². The fraction of sp³-hybridized carbons (Fsp3) is 0.778. The Morgan fingerprint density at radius 1 is 1.00 bits per heavy atom. The first-order valence-electron chi connectivity index (χ1n) is 4.34. The lowest BCUT2D eigenvalue weighted by Crippen LogP contribution is -2.39. The highest BCUT2D eigenvalue weighted by molar-refractivity contribution is 5.99. The van der Waals surface area contributed by atoms with Crippen molar-refractivity contribution in [3.63, 3.8) is 0 Å². The molecule has 0 bridgehead atoms. The fourth-order valence-electron chi connectivity index (χ4n) is 1.08. The van der Waals surface area contributed by atoms with Crippen LogP contribution in [0.25, 0.3) is 0 Å². The summed E-state index contributed by atoms with van der Waals surface area (Å²) in [6.07, 6.45) is 0.550. The van der Waals surface area contributed by atoms with Crippen LogP contribution in [0, 0.1) is 5.92 Å². The second kappa shape index (κ2) is 4.84. The Hall–Kier alpha value is -1.06. The van der Waals surface area contributed by atoms with Crippen LogP contribution < -0.4 is 0 Å². The van der Waals surface area contributed by atoms with Gasteiger partial charge in [0.05, 0.1) is 0 Å². The predicted molar refractivity (Wildman–Crippen MR) is 51.2 cm³/mol. The third kappa shape index (κ3) is 3.05. The maximum atomic E-state index is 11.5. The molecule has 0 aromatic carbocycles. The molecule has 0 fully saturated rings. The van der Waals surface area contributed by atoms with Crippen molar-refractivity contribution < 1.29 is 9.59 Å². The molecule has 0 rings (SSSR count). The van der Waals surface area contributed by atoms with Gasteiger partial charge in [-0.2, -0.15) is 0 Å². The van der Waals surface area contributed by atoms with Crippen molar-refractivity contribution in [2.75, 3.05) is 28.2 Å². The lowest BCUT2D eigenvalue weighted by Gasteiger charge is -2.21. The van der Waals surface area contributed by atoms with Crippen molar-refractivity contribution in [1.82, 2.24) is 9.80 Å². The van der Waals surface area contributed by atoms with Crippen LogP contribution in [-0.2, 0) is 9.59 Å². The van der Waals surface area contributed by atoms with Crippen LogP contribution in [0.2, 0.25) is 0 Å². The molecule has 0 aliphatic carbocycles. The molecule has 0 radical (unpaired) electrons. The summed E-state index contributed by atoms with van der Waals surface area (Å²) in [6, 6.07) is 0. The molecule has 0 saturated carbocycles. The standard InChI is InChI=1S/C9H18N2O2/c1-6-7(8(12)10(2)3)9(13)11(4)5/h7H,6H2,1-5H3. The number of nitrogens with zero attached hydrogens (tertiary/aromatic N) is 2. The van der Waals surface area contributed by atoms with Crippen molar-refractivity contribution in [2.24, 2.45) is 5.92 Å². The zero-order valence-corrected chi connectivity index (χ0v) is 9.00. The van der Waals surface area contributed by atoms with E-state index in [2.05, 4.69) is 0 Å². The summed E-state index contributed by atoms with van der Waals surface area (Å²) in [7, 11) is 6.64. The van der Waals surface area contributed by atoms with Gasteiger partial charge < -0.3 is 9.80 Å². The van der Waals surface area contributed by atoms with Crippen LogP contribution in [0.15, 0.2) is 0 Å². The maximum Gasteiger partial charge on any atom is 0.234 e. The van der Waals surface area contributed by atoms with Crippen LogP contribution in [-0.4, -0.2) is 49.8 Å². The van der Waals surface area contributed by atoms with Gasteiger partial charge in [-0.1, -0.05) is 6.92 Å². The number of hydrogen-bond acceptors (Lipinski definition) is 2. The van der Waals surface area contributed by atoms with Crippen LogP contribution in [0.3, 0.4) is 0 Å². The van der Waals surface area contributed by atoms with Crippen LogP contribution >= 0.6 is 0 Å². The van der Waals surface area contributed by atoms with E-state index in [-0.39, 0.29) is 11.8 Å². The Morgan fingerprint density at radius 3 is 1.46 bits per heavy atom. The first-order chi connectivity index (χ1) is 5.91. The number of carbonyl (C=O) groups is 2. The van der Waals surface area contributed by atoms with Crippen LogP contribution in [0.5, 0.6) is 0 Å². The molecule has 76 valence electrons. The lowest BCUT2D eigenvalue weighted by molar-refractivity contribution is -0.144. The topological polar surface area (TPSA) is 40.6 Å². The second-order valence-electron chi connectivity index (χ2n) is 3.43. The first-order valence-corrected chi connectivity index (χ1v) is 4.34. The number of amides is 2.